The lowest BCUT2D eigenvalue weighted by molar-refractivity contribution is -0.384. The van der Waals surface area contributed by atoms with Crippen molar-refractivity contribution < 1.29 is 14.5 Å². The standard InChI is InChI=1S/C16H21BrN2O4/c1-2-8-18(11-13-5-3-4-9-23-13)16(20)14-10-12(19(21)22)6-7-15(14)17/h6-7,10,13H,2-5,8-9,11H2,1H3/t13-/m1/s1. The Bertz CT molecular complexity index is 573. The molecule has 0 radical (unpaired) electrons. The van der Waals surface area contributed by atoms with E-state index < -0.39 is 4.92 Å². The van der Waals surface area contributed by atoms with Gasteiger partial charge in [0.1, 0.15) is 0 Å². The Kier molecular flexibility index (Phi) is 6.53. The van der Waals surface area contributed by atoms with Crippen LogP contribution >= 0.6 is 15.9 Å². The van der Waals surface area contributed by atoms with E-state index in [9.17, 15) is 14.9 Å². The van der Waals surface area contributed by atoms with E-state index in [4.69, 9.17) is 4.74 Å². The molecule has 1 atom stereocenters. The number of ether oxygens (including phenoxy) is 1. The molecule has 0 unspecified atom stereocenters. The van der Waals surface area contributed by atoms with Crippen LogP contribution in [0.2, 0.25) is 0 Å². The van der Waals surface area contributed by atoms with Gasteiger partial charge in [-0.15, -0.1) is 0 Å². The van der Waals surface area contributed by atoms with Crippen molar-refractivity contribution in [1.29, 1.82) is 0 Å². The van der Waals surface area contributed by atoms with Crippen LogP contribution in [0.25, 0.3) is 0 Å². The molecular formula is C16H21BrN2O4. The molecule has 1 aliphatic heterocycles. The molecule has 1 saturated heterocycles. The molecular weight excluding hydrogens is 364 g/mol. The van der Waals surface area contributed by atoms with E-state index in [1.807, 2.05) is 6.92 Å². The Balaban J connectivity index is 2.19. The van der Waals surface area contributed by atoms with E-state index in [1.165, 1.54) is 12.1 Å². The normalized spacial score (nSPS) is 17.7. The first kappa shape index (κ1) is 17.9. The van der Waals surface area contributed by atoms with Crippen molar-refractivity contribution in [3.63, 3.8) is 0 Å². The van der Waals surface area contributed by atoms with Crippen molar-refractivity contribution in [2.24, 2.45) is 0 Å². The summed E-state index contributed by atoms with van der Waals surface area (Å²) in [7, 11) is 0. The fourth-order valence-electron chi connectivity index (χ4n) is 2.70. The molecule has 2 rings (SSSR count). The summed E-state index contributed by atoms with van der Waals surface area (Å²) in [5, 5.41) is 10.9. The van der Waals surface area contributed by atoms with Gasteiger partial charge in [-0.1, -0.05) is 6.92 Å². The van der Waals surface area contributed by atoms with Crippen molar-refractivity contribution in [1.82, 2.24) is 4.90 Å². The molecule has 1 aromatic carbocycles. The van der Waals surface area contributed by atoms with Gasteiger partial charge in [-0.2, -0.15) is 0 Å². The summed E-state index contributed by atoms with van der Waals surface area (Å²) in [5.41, 5.74) is 0.241. The predicted molar refractivity (Wildman–Crippen MR) is 90.6 cm³/mol. The van der Waals surface area contributed by atoms with Crippen molar-refractivity contribution in [2.45, 2.75) is 38.7 Å². The Morgan fingerprint density at radius 3 is 2.87 bits per heavy atom. The van der Waals surface area contributed by atoms with Crippen molar-refractivity contribution >= 4 is 27.5 Å². The van der Waals surface area contributed by atoms with Crippen molar-refractivity contribution in [3.05, 3.63) is 38.3 Å². The molecule has 0 spiro atoms. The fraction of sp³-hybridized carbons (Fsp3) is 0.562. The third-order valence-electron chi connectivity index (χ3n) is 3.87. The van der Waals surface area contributed by atoms with Gasteiger partial charge in [0.15, 0.2) is 0 Å². The second-order valence-corrected chi connectivity index (χ2v) is 6.52. The van der Waals surface area contributed by atoms with Crippen LogP contribution in [-0.2, 0) is 4.74 Å². The average Bonchev–Trinajstić information content (AvgIpc) is 2.55. The summed E-state index contributed by atoms with van der Waals surface area (Å²) in [6, 6.07) is 4.26. The van der Waals surface area contributed by atoms with Crippen LogP contribution in [0.5, 0.6) is 0 Å². The first-order chi connectivity index (χ1) is 11.0. The van der Waals surface area contributed by atoms with Gasteiger partial charge in [-0.25, -0.2) is 0 Å². The van der Waals surface area contributed by atoms with Crippen LogP contribution < -0.4 is 0 Å². The van der Waals surface area contributed by atoms with Gasteiger partial charge >= 0.3 is 0 Å². The van der Waals surface area contributed by atoms with Gasteiger partial charge in [0.2, 0.25) is 0 Å². The molecule has 1 aliphatic rings. The lowest BCUT2D eigenvalue weighted by atomic mass is 10.1. The maximum Gasteiger partial charge on any atom is 0.270 e. The van der Waals surface area contributed by atoms with Crippen LogP contribution in [0.3, 0.4) is 0 Å². The molecule has 1 aromatic rings. The van der Waals surface area contributed by atoms with Gasteiger partial charge in [-0.3, -0.25) is 14.9 Å². The monoisotopic (exact) mass is 384 g/mol. The van der Waals surface area contributed by atoms with Crippen LogP contribution in [0.15, 0.2) is 22.7 Å². The molecule has 0 bridgehead atoms. The highest BCUT2D eigenvalue weighted by Crippen LogP contribution is 2.25. The van der Waals surface area contributed by atoms with Gasteiger partial charge in [0, 0.05) is 36.3 Å². The third kappa shape index (κ3) is 4.75. The maximum absolute atomic E-state index is 12.8. The number of rotatable bonds is 6. The van der Waals surface area contributed by atoms with Gasteiger partial charge < -0.3 is 9.64 Å². The largest absolute Gasteiger partial charge is 0.376 e. The molecule has 0 aromatic heterocycles. The minimum atomic E-state index is -0.488. The average molecular weight is 385 g/mol. The molecule has 1 heterocycles. The van der Waals surface area contributed by atoms with Crippen LogP contribution in [0, 0.1) is 10.1 Å². The Morgan fingerprint density at radius 1 is 1.48 bits per heavy atom. The first-order valence-electron chi connectivity index (χ1n) is 7.87. The zero-order valence-electron chi connectivity index (χ0n) is 13.2. The molecule has 0 aliphatic carbocycles. The predicted octanol–water partition coefficient (Wildman–Crippen LogP) is 3.78. The summed E-state index contributed by atoms with van der Waals surface area (Å²) in [4.78, 5) is 25.0. The fourth-order valence-corrected chi connectivity index (χ4v) is 3.12. The number of nitro groups is 1. The smallest absolute Gasteiger partial charge is 0.270 e. The van der Waals surface area contributed by atoms with Gasteiger partial charge in [-0.05, 0) is 47.7 Å². The molecule has 0 saturated carbocycles. The summed E-state index contributed by atoms with van der Waals surface area (Å²) in [5.74, 6) is -0.198. The lowest BCUT2D eigenvalue weighted by Crippen LogP contribution is -2.40. The number of carbonyl (C=O) groups is 1. The van der Waals surface area contributed by atoms with Crippen LogP contribution in [-0.4, -0.2) is 41.5 Å². The highest BCUT2D eigenvalue weighted by atomic mass is 79.9. The topological polar surface area (TPSA) is 72.7 Å². The second kappa shape index (κ2) is 8.40. The zero-order valence-corrected chi connectivity index (χ0v) is 14.8. The van der Waals surface area contributed by atoms with E-state index in [0.29, 0.717) is 23.1 Å². The number of carbonyl (C=O) groups excluding carboxylic acids is 1. The lowest BCUT2D eigenvalue weighted by Gasteiger charge is -2.30. The molecule has 7 heteroatoms. The number of non-ortho nitro benzene ring substituents is 1. The van der Waals surface area contributed by atoms with E-state index in [2.05, 4.69) is 15.9 Å². The van der Waals surface area contributed by atoms with Crippen LogP contribution in [0.4, 0.5) is 5.69 Å². The molecule has 126 valence electrons. The number of amides is 1. The summed E-state index contributed by atoms with van der Waals surface area (Å²) < 4.78 is 6.29. The zero-order chi connectivity index (χ0) is 16.8. The summed E-state index contributed by atoms with van der Waals surface area (Å²) in [6.45, 7) is 3.87. The third-order valence-corrected chi connectivity index (χ3v) is 4.56. The number of nitrogens with zero attached hydrogens (tertiary/aromatic N) is 2. The van der Waals surface area contributed by atoms with E-state index >= 15 is 0 Å². The van der Waals surface area contributed by atoms with Crippen molar-refractivity contribution in [2.75, 3.05) is 19.7 Å². The summed E-state index contributed by atoms with van der Waals surface area (Å²) >= 11 is 3.32. The SMILES string of the molecule is CCCN(C[C@H]1CCCCO1)C(=O)c1cc([N+](=O)[O-])ccc1Br. The number of benzene rings is 1. The van der Waals surface area contributed by atoms with Gasteiger partial charge in [0.05, 0.1) is 16.6 Å². The minimum absolute atomic E-state index is 0.0525. The number of halogens is 1. The van der Waals surface area contributed by atoms with E-state index in [0.717, 1.165) is 32.3 Å². The van der Waals surface area contributed by atoms with Gasteiger partial charge in [0.25, 0.3) is 11.6 Å². The molecule has 0 N–H and O–H groups in total. The highest BCUT2D eigenvalue weighted by molar-refractivity contribution is 9.10. The molecule has 1 fully saturated rings. The number of hydrogen-bond donors (Lipinski definition) is 0. The maximum atomic E-state index is 12.8. The second-order valence-electron chi connectivity index (χ2n) is 5.66. The Labute approximate surface area is 144 Å². The number of hydrogen-bond acceptors (Lipinski definition) is 4. The molecule has 23 heavy (non-hydrogen) atoms. The van der Waals surface area contributed by atoms with E-state index in [1.54, 1.807) is 11.0 Å². The first-order valence-corrected chi connectivity index (χ1v) is 8.67. The summed E-state index contributed by atoms with van der Waals surface area (Å²) in [6.07, 6.45) is 4.00. The highest BCUT2D eigenvalue weighted by Gasteiger charge is 2.24. The number of nitro benzene ring substituents is 1. The van der Waals surface area contributed by atoms with E-state index in [-0.39, 0.29) is 17.7 Å². The quantitative estimate of drug-likeness (QED) is 0.552. The Hall–Kier alpha value is -1.47. The Morgan fingerprint density at radius 2 is 2.26 bits per heavy atom. The molecule has 1 amide bonds. The minimum Gasteiger partial charge on any atom is -0.376 e. The van der Waals surface area contributed by atoms with Crippen LogP contribution in [0.1, 0.15) is 43.0 Å². The molecule has 6 nitrogen and oxygen atoms in total. The van der Waals surface area contributed by atoms with Crippen molar-refractivity contribution in [3.8, 4) is 0 Å².